The van der Waals surface area contributed by atoms with Crippen LogP contribution in [0.3, 0.4) is 0 Å². The van der Waals surface area contributed by atoms with Crippen molar-refractivity contribution >= 4 is 21.5 Å². The summed E-state index contributed by atoms with van der Waals surface area (Å²) in [5.74, 6) is 0.494. The number of para-hydroxylation sites is 1. The molecule has 1 fully saturated rings. The third-order valence-electron chi connectivity index (χ3n) is 4.12. The molecule has 0 unspecified atom stereocenters. The van der Waals surface area contributed by atoms with E-state index < -0.39 is 10.0 Å². The Kier molecular flexibility index (Phi) is 4.96. The fourth-order valence-corrected chi connectivity index (χ4v) is 3.98. The van der Waals surface area contributed by atoms with Gasteiger partial charge < -0.3 is 10.1 Å². The van der Waals surface area contributed by atoms with Gasteiger partial charge in [0.2, 0.25) is 0 Å². The molecule has 1 aromatic rings. The number of hydrogen-bond acceptors (Lipinski definition) is 6. The second-order valence-corrected chi connectivity index (χ2v) is 7.32. The van der Waals surface area contributed by atoms with Crippen LogP contribution in [0.2, 0.25) is 0 Å². The average molecular weight is 338 g/mol. The van der Waals surface area contributed by atoms with Crippen LogP contribution in [0.1, 0.15) is 0 Å². The fourth-order valence-electron chi connectivity index (χ4n) is 2.84. The lowest BCUT2D eigenvalue weighted by Gasteiger charge is -2.35. The Bertz CT molecular complexity index is 682. The van der Waals surface area contributed by atoms with Gasteiger partial charge in [-0.05, 0) is 12.1 Å². The molecule has 8 heteroatoms. The van der Waals surface area contributed by atoms with Crippen molar-refractivity contribution in [2.45, 2.75) is 4.90 Å². The Labute approximate surface area is 137 Å². The van der Waals surface area contributed by atoms with Crippen molar-refractivity contribution in [3.63, 3.8) is 0 Å². The van der Waals surface area contributed by atoms with Gasteiger partial charge in [-0.2, -0.15) is 8.42 Å². The zero-order chi connectivity index (χ0) is 16.3. The molecule has 1 aromatic carbocycles. The molecule has 1 saturated heterocycles. The van der Waals surface area contributed by atoms with Crippen LogP contribution in [0, 0.1) is 0 Å². The number of hydrogen-bond donors (Lipinski definition) is 1. The lowest BCUT2D eigenvalue weighted by Crippen LogP contribution is -2.49. The summed E-state index contributed by atoms with van der Waals surface area (Å²) < 4.78 is 33.5. The number of benzene rings is 1. The summed E-state index contributed by atoms with van der Waals surface area (Å²) in [6.45, 7) is 5.90. The lowest BCUT2D eigenvalue weighted by atomic mass is 10.3. The summed E-state index contributed by atoms with van der Waals surface area (Å²) in [5.41, 5.74) is 0.608. The molecule has 126 valence electrons. The highest BCUT2D eigenvalue weighted by Crippen LogP contribution is 2.26. The Hall–Kier alpha value is -1.48. The maximum Gasteiger partial charge on any atom is 0.286 e. The van der Waals surface area contributed by atoms with E-state index in [2.05, 4.69) is 19.5 Å². The van der Waals surface area contributed by atoms with E-state index in [0.29, 0.717) is 18.1 Å². The standard InChI is InChI=1S/C15H22N4O3S/c1-22-11-10-18-6-8-19(9-7-18)12-15-16-13-4-2-3-5-14(13)23(20,21)17-15/h2-5H,6-12H2,1H3,(H,16,17). The van der Waals surface area contributed by atoms with Crippen LogP contribution in [-0.4, -0.2) is 77.0 Å². The van der Waals surface area contributed by atoms with Gasteiger partial charge >= 0.3 is 0 Å². The number of nitrogens with one attached hydrogen (secondary N) is 1. The van der Waals surface area contributed by atoms with Gasteiger partial charge in [-0.25, -0.2) is 0 Å². The Morgan fingerprint density at radius 3 is 2.61 bits per heavy atom. The smallest absolute Gasteiger partial charge is 0.286 e. The Morgan fingerprint density at radius 1 is 1.17 bits per heavy atom. The van der Waals surface area contributed by atoms with Crippen LogP contribution in [0.25, 0.3) is 0 Å². The van der Waals surface area contributed by atoms with Gasteiger partial charge in [0.05, 0.1) is 18.8 Å². The highest BCUT2D eigenvalue weighted by molar-refractivity contribution is 7.90. The van der Waals surface area contributed by atoms with E-state index in [1.165, 1.54) is 0 Å². The van der Waals surface area contributed by atoms with Gasteiger partial charge in [-0.15, -0.1) is 4.40 Å². The molecular weight excluding hydrogens is 316 g/mol. The monoisotopic (exact) mass is 338 g/mol. The molecule has 2 aliphatic rings. The molecule has 0 saturated carbocycles. The first-order valence-corrected chi connectivity index (χ1v) is 9.16. The third-order valence-corrected chi connectivity index (χ3v) is 5.50. The molecule has 0 spiro atoms. The molecule has 0 atom stereocenters. The number of piperazine rings is 1. The number of methoxy groups -OCH3 is 1. The summed E-state index contributed by atoms with van der Waals surface area (Å²) in [5, 5.41) is 3.14. The number of fused-ring (bicyclic) bond motifs is 1. The van der Waals surface area contributed by atoms with E-state index in [1.807, 2.05) is 6.07 Å². The molecule has 0 radical (unpaired) electrons. The Morgan fingerprint density at radius 2 is 1.87 bits per heavy atom. The summed E-state index contributed by atoms with van der Waals surface area (Å²) >= 11 is 0. The van der Waals surface area contributed by atoms with E-state index in [9.17, 15) is 8.42 Å². The molecule has 0 amide bonds. The van der Waals surface area contributed by atoms with E-state index in [-0.39, 0.29) is 4.90 Å². The van der Waals surface area contributed by atoms with Gasteiger partial charge in [0.1, 0.15) is 10.7 Å². The summed E-state index contributed by atoms with van der Waals surface area (Å²) in [7, 11) is -1.88. The number of nitrogens with zero attached hydrogens (tertiary/aromatic N) is 3. The molecule has 7 nitrogen and oxygen atoms in total. The largest absolute Gasteiger partial charge is 0.383 e. The zero-order valence-electron chi connectivity index (χ0n) is 13.2. The topological polar surface area (TPSA) is 74.2 Å². The quantitative estimate of drug-likeness (QED) is 0.841. The van der Waals surface area contributed by atoms with Crippen molar-refractivity contribution in [1.82, 2.24) is 9.80 Å². The van der Waals surface area contributed by atoms with Crippen LogP contribution in [0.4, 0.5) is 5.69 Å². The molecule has 0 bridgehead atoms. The van der Waals surface area contributed by atoms with Crippen molar-refractivity contribution in [2.24, 2.45) is 4.40 Å². The minimum Gasteiger partial charge on any atom is -0.383 e. The van der Waals surface area contributed by atoms with Gasteiger partial charge in [0.25, 0.3) is 10.0 Å². The fraction of sp³-hybridized carbons (Fsp3) is 0.533. The molecule has 2 heterocycles. The van der Waals surface area contributed by atoms with Crippen LogP contribution in [0.5, 0.6) is 0 Å². The van der Waals surface area contributed by atoms with Crippen molar-refractivity contribution in [2.75, 3.05) is 58.3 Å². The molecule has 3 rings (SSSR count). The van der Waals surface area contributed by atoms with Crippen molar-refractivity contribution in [1.29, 1.82) is 0 Å². The second kappa shape index (κ2) is 6.96. The SMILES string of the molecule is COCCN1CCN(CC2=NS(=O)(=O)c3ccccc3N2)CC1. The zero-order valence-corrected chi connectivity index (χ0v) is 14.1. The van der Waals surface area contributed by atoms with Gasteiger partial charge in [0.15, 0.2) is 0 Å². The summed E-state index contributed by atoms with van der Waals surface area (Å²) in [4.78, 5) is 4.81. The average Bonchev–Trinajstić information content (AvgIpc) is 2.54. The first-order chi connectivity index (χ1) is 11.1. The van der Waals surface area contributed by atoms with Crippen LogP contribution in [0.15, 0.2) is 33.6 Å². The number of rotatable bonds is 5. The molecule has 1 N–H and O–H groups in total. The number of anilines is 1. The van der Waals surface area contributed by atoms with Crippen molar-refractivity contribution in [3.8, 4) is 0 Å². The van der Waals surface area contributed by atoms with Gasteiger partial charge in [-0.1, -0.05) is 12.1 Å². The molecule has 2 aliphatic heterocycles. The minimum atomic E-state index is -3.59. The predicted octanol–water partition coefficient (Wildman–Crippen LogP) is 0.463. The van der Waals surface area contributed by atoms with E-state index in [1.54, 1.807) is 25.3 Å². The van der Waals surface area contributed by atoms with Gasteiger partial charge in [0, 0.05) is 39.8 Å². The normalized spacial score (nSPS) is 21.3. The highest BCUT2D eigenvalue weighted by Gasteiger charge is 2.26. The molecule has 23 heavy (non-hydrogen) atoms. The van der Waals surface area contributed by atoms with Gasteiger partial charge in [-0.3, -0.25) is 9.80 Å². The van der Waals surface area contributed by atoms with Crippen LogP contribution >= 0.6 is 0 Å². The summed E-state index contributed by atoms with van der Waals surface area (Å²) in [6, 6.07) is 6.87. The highest BCUT2D eigenvalue weighted by atomic mass is 32.2. The first kappa shape index (κ1) is 16.4. The maximum atomic E-state index is 12.2. The first-order valence-electron chi connectivity index (χ1n) is 7.72. The third kappa shape index (κ3) is 3.89. The maximum absolute atomic E-state index is 12.2. The van der Waals surface area contributed by atoms with E-state index >= 15 is 0 Å². The van der Waals surface area contributed by atoms with Crippen molar-refractivity contribution < 1.29 is 13.2 Å². The van der Waals surface area contributed by atoms with Crippen molar-refractivity contribution in [3.05, 3.63) is 24.3 Å². The summed E-state index contributed by atoms with van der Waals surface area (Å²) in [6.07, 6.45) is 0. The number of sulfonamides is 1. The molecule has 0 aromatic heterocycles. The van der Waals surface area contributed by atoms with Crippen LogP contribution < -0.4 is 5.32 Å². The lowest BCUT2D eigenvalue weighted by molar-refractivity contribution is 0.104. The van der Waals surface area contributed by atoms with E-state index in [4.69, 9.17) is 4.74 Å². The van der Waals surface area contributed by atoms with Crippen LogP contribution in [-0.2, 0) is 14.8 Å². The Balaban J connectivity index is 1.61. The predicted molar refractivity (Wildman–Crippen MR) is 89.4 cm³/mol. The molecule has 0 aliphatic carbocycles. The number of ether oxygens (including phenoxy) is 1. The van der Waals surface area contributed by atoms with E-state index in [0.717, 1.165) is 39.3 Å². The minimum absolute atomic E-state index is 0.244. The molecular formula is C15H22N4O3S. The number of amidine groups is 1. The second-order valence-electron chi connectivity index (χ2n) is 5.74.